The molecular weight excluding hydrogens is 210 g/mol. The van der Waals surface area contributed by atoms with Gasteiger partial charge in [-0.1, -0.05) is 13.8 Å². The van der Waals surface area contributed by atoms with Crippen molar-refractivity contribution >= 4 is 14.7 Å². The van der Waals surface area contributed by atoms with Gasteiger partial charge in [0.15, 0.2) is 0 Å². The van der Waals surface area contributed by atoms with Crippen LogP contribution >= 0.6 is 14.7 Å². The maximum Gasteiger partial charge on any atom is 0.210 e. The lowest BCUT2D eigenvalue weighted by molar-refractivity contribution is 0.464. The second-order valence-corrected chi connectivity index (χ2v) is 8.69. The molecule has 0 aromatic carbocycles. The Morgan fingerprint density at radius 2 is 1.23 bits per heavy atom. The van der Waals surface area contributed by atoms with Crippen molar-refractivity contribution in [2.75, 3.05) is 18.2 Å². The van der Waals surface area contributed by atoms with Gasteiger partial charge in [0.25, 0.3) is 0 Å². The Balaban J connectivity index is 4.25. The van der Waals surface area contributed by atoms with E-state index in [0.29, 0.717) is 12.8 Å². The largest absolute Gasteiger partial charge is 0.344 e. The maximum absolute atomic E-state index is 11.3. The lowest BCUT2D eigenvalue weighted by atomic mass is 10.6. The molecule has 0 amide bonds. The molecule has 0 bridgehead atoms. The van der Waals surface area contributed by atoms with Crippen molar-refractivity contribution in [3.63, 3.8) is 0 Å². The van der Waals surface area contributed by atoms with Crippen LogP contribution in [0.1, 0.15) is 26.7 Å². The average Bonchev–Trinajstić information content (AvgIpc) is 1.82. The summed E-state index contributed by atoms with van der Waals surface area (Å²) in [6.45, 7) is 3.57. The lowest BCUT2D eigenvalue weighted by Gasteiger charge is -2.15. The zero-order valence-electron chi connectivity index (χ0n) is 8.14. The fourth-order valence-corrected chi connectivity index (χ4v) is 6.48. The van der Waals surface area contributed by atoms with Gasteiger partial charge in [-0.3, -0.25) is 9.13 Å². The van der Waals surface area contributed by atoms with Crippen LogP contribution in [0.2, 0.25) is 0 Å². The van der Waals surface area contributed by atoms with Gasteiger partial charge in [0.1, 0.15) is 5.90 Å². The van der Waals surface area contributed by atoms with Crippen molar-refractivity contribution in [2.24, 2.45) is 0 Å². The Hall–Kier alpha value is 0.380. The predicted octanol–water partition coefficient (Wildman–Crippen LogP) is 2.30. The molecule has 0 saturated heterocycles. The molecule has 2 unspecified atom stereocenters. The van der Waals surface area contributed by atoms with Crippen LogP contribution < -0.4 is 0 Å². The van der Waals surface area contributed by atoms with Gasteiger partial charge in [-0.2, -0.15) is 0 Å². The summed E-state index contributed by atoms with van der Waals surface area (Å²) in [5.74, 6) is -0.415. The molecule has 0 aliphatic carbocycles. The summed E-state index contributed by atoms with van der Waals surface area (Å²) in [7, 11) is -6.71. The molecule has 13 heavy (non-hydrogen) atoms. The summed E-state index contributed by atoms with van der Waals surface area (Å²) < 4.78 is 22.7. The fourth-order valence-electron chi connectivity index (χ4n) is 1.19. The third-order valence-electron chi connectivity index (χ3n) is 1.59. The summed E-state index contributed by atoms with van der Waals surface area (Å²) in [6.07, 6.45) is 1.42. The van der Waals surface area contributed by atoms with Crippen LogP contribution in [-0.4, -0.2) is 28.0 Å². The van der Waals surface area contributed by atoms with Crippen molar-refractivity contribution in [1.29, 1.82) is 0 Å². The van der Waals surface area contributed by atoms with E-state index in [1.54, 1.807) is 13.8 Å². The molecule has 6 heteroatoms. The standard InChI is InChI=1S/C7H18O4P2/c1-3-5-12(8,9)7-13(10,11)6-4-2/h3-7H2,1-2H3,(H,8,9)(H,10,11). The van der Waals surface area contributed by atoms with Crippen LogP contribution in [0.25, 0.3) is 0 Å². The zero-order chi connectivity index (χ0) is 10.5. The van der Waals surface area contributed by atoms with Crippen LogP contribution in [0.3, 0.4) is 0 Å². The van der Waals surface area contributed by atoms with Gasteiger partial charge in [0.2, 0.25) is 14.7 Å². The van der Waals surface area contributed by atoms with E-state index in [2.05, 4.69) is 0 Å². The van der Waals surface area contributed by atoms with E-state index in [4.69, 9.17) is 0 Å². The Bertz CT molecular complexity index is 215. The highest BCUT2D eigenvalue weighted by molar-refractivity contribution is 7.75. The summed E-state index contributed by atoms with van der Waals surface area (Å²) in [5.41, 5.74) is 0. The van der Waals surface area contributed by atoms with E-state index in [9.17, 15) is 18.9 Å². The Morgan fingerprint density at radius 3 is 1.46 bits per heavy atom. The first-order chi connectivity index (χ1) is 5.83. The van der Waals surface area contributed by atoms with Crippen molar-refractivity contribution in [3.8, 4) is 0 Å². The van der Waals surface area contributed by atoms with Gasteiger partial charge in [-0.15, -0.1) is 0 Å². The Labute approximate surface area is 79.3 Å². The SMILES string of the molecule is CCCP(=O)(O)CP(=O)(O)CCC. The molecule has 2 N–H and O–H groups in total. The highest BCUT2D eigenvalue weighted by Gasteiger charge is 2.29. The minimum absolute atomic E-state index is 0.140. The van der Waals surface area contributed by atoms with Gasteiger partial charge in [-0.05, 0) is 12.8 Å². The minimum atomic E-state index is -3.36. The molecule has 0 spiro atoms. The molecule has 0 aliphatic rings. The minimum Gasteiger partial charge on any atom is -0.344 e. The molecular formula is C7H18O4P2. The zero-order valence-corrected chi connectivity index (χ0v) is 9.93. The van der Waals surface area contributed by atoms with Crippen molar-refractivity contribution in [2.45, 2.75) is 26.7 Å². The third kappa shape index (κ3) is 6.45. The molecule has 4 nitrogen and oxygen atoms in total. The third-order valence-corrected chi connectivity index (χ3v) is 7.42. The highest BCUT2D eigenvalue weighted by atomic mass is 31.2. The first kappa shape index (κ1) is 13.4. The van der Waals surface area contributed by atoms with Gasteiger partial charge >= 0.3 is 0 Å². The Kier molecular flexibility index (Phi) is 5.46. The van der Waals surface area contributed by atoms with Crippen molar-refractivity contribution < 1.29 is 18.9 Å². The van der Waals surface area contributed by atoms with Gasteiger partial charge in [0, 0.05) is 12.3 Å². The first-order valence-corrected chi connectivity index (χ1v) is 8.50. The molecule has 0 fully saturated rings. The molecule has 2 atom stereocenters. The van der Waals surface area contributed by atoms with E-state index < -0.39 is 20.6 Å². The van der Waals surface area contributed by atoms with E-state index in [0.717, 1.165) is 0 Å². The highest BCUT2D eigenvalue weighted by Crippen LogP contribution is 2.57. The summed E-state index contributed by atoms with van der Waals surface area (Å²) in [5, 5.41) is 0. The average molecular weight is 228 g/mol. The van der Waals surface area contributed by atoms with E-state index in [1.807, 2.05) is 0 Å². The quantitative estimate of drug-likeness (QED) is 0.684. The van der Waals surface area contributed by atoms with E-state index in [1.165, 1.54) is 0 Å². The number of hydrogen-bond acceptors (Lipinski definition) is 2. The van der Waals surface area contributed by atoms with Gasteiger partial charge in [-0.25, -0.2) is 0 Å². The molecule has 0 radical (unpaired) electrons. The monoisotopic (exact) mass is 228 g/mol. The van der Waals surface area contributed by atoms with Gasteiger partial charge in [0.05, 0.1) is 0 Å². The van der Waals surface area contributed by atoms with E-state index >= 15 is 0 Å². The molecule has 0 aromatic heterocycles. The summed E-state index contributed by atoms with van der Waals surface area (Å²) >= 11 is 0. The van der Waals surface area contributed by atoms with Crippen molar-refractivity contribution in [3.05, 3.63) is 0 Å². The smallest absolute Gasteiger partial charge is 0.210 e. The molecule has 0 aliphatic heterocycles. The van der Waals surface area contributed by atoms with E-state index in [-0.39, 0.29) is 12.3 Å². The van der Waals surface area contributed by atoms with Gasteiger partial charge < -0.3 is 9.79 Å². The second kappa shape index (κ2) is 5.31. The van der Waals surface area contributed by atoms with Crippen LogP contribution in [0, 0.1) is 0 Å². The van der Waals surface area contributed by atoms with Crippen LogP contribution in [0.5, 0.6) is 0 Å². The molecule has 80 valence electrons. The van der Waals surface area contributed by atoms with Crippen LogP contribution in [0.15, 0.2) is 0 Å². The summed E-state index contributed by atoms with van der Waals surface area (Å²) in [4.78, 5) is 18.6. The lowest BCUT2D eigenvalue weighted by Crippen LogP contribution is -1.98. The van der Waals surface area contributed by atoms with Crippen LogP contribution in [-0.2, 0) is 9.13 Å². The maximum atomic E-state index is 11.3. The Morgan fingerprint density at radius 1 is 0.923 bits per heavy atom. The summed E-state index contributed by atoms with van der Waals surface area (Å²) in [6, 6.07) is 0. The number of rotatable bonds is 6. The molecule has 0 heterocycles. The topological polar surface area (TPSA) is 74.6 Å². The molecule has 0 aromatic rings. The molecule has 0 rings (SSSR count). The fraction of sp³-hybridized carbons (Fsp3) is 1.00. The normalized spacial score (nSPS) is 20.6. The predicted molar refractivity (Wildman–Crippen MR) is 54.8 cm³/mol. The van der Waals surface area contributed by atoms with Crippen molar-refractivity contribution in [1.82, 2.24) is 0 Å². The second-order valence-electron chi connectivity index (χ2n) is 3.28. The first-order valence-electron chi connectivity index (χ1n) is 4.44. The number of hydrogen-bond donors (Lipinski definition) is 2. The molecule has 0 saturated carbocycles. The van der Waals surface area contributed by atoms with Crippen LogP contribution in [0.4, 0.5) is 0 Å².